The Labute approximate surface area is 198 Å². The van der Waals surface area contributed by atoms with Gasteiger partial charge in [-0.3, -0.25) is 14.9 Å². The van der Waals surface area contributed by atoms with E-state index in [0.29, 0.717) is 11.4 Å². The summed E-state index contributed by atoms with van der Waals surface area (Å²) in [6.45, 7) is 8.53. The molecule has 10 nitrogen and oxygen atoms in total. The molecule has 1 aliphatic heterocycles. The smallest absolute Gasteiger partial charge is 0.269 e. The van der Waals surface area contributed by atoms with Gasteiger partial charge >= 0.3 is 0 Å². The first-order valence-corrected chi connectivity index (χ1v) is 11.5. The second-order valence-electron chi connectivity index (χ2n) is 8.40. The summed E-state index contributed by atoms with van der Waals surface area (Å²) in [5.74, 6) is 1.10. The monoisotopic (exact) mass is 466 g/mol. The Morgan fingerprint density at radius 1 is 1.12 bits per heavy atom. The number of anilines is 1. The van der Waals surface area contributed by atoms with Crippen molar-refractivity contribution in [3.63, 3.8) is 0 Å². The van der Waals surface area contributed by atoms with Crippen LogP contribution in [0.4, 0.5) is 11.4 Å². The van der Waals surface area contributed by atoms with Gasteiger partial charge in [-0.2, -0.15) is 0 Å². The van der Waals surface area contributed by atoms with Gasteiger partial charge < -0.3 is 24.4 Å². The van der Waals surface area contributed by atoms with Crippen molar-refractivity contribution in [2.75, 3.05) is 51.2 Å². The van der Waals surface area contributed by atoms with Crippen LogP contribution in [0, 0.1) is 10.1 Å². The highest BCUT2D eigenvalue weighted by Gasteiger charge is 2.17. The predicted octanol–water partition coefficient (Wildman–Crippen LogP) is 2.68. The molecule has 2 aromatic carbocycles. The van der Waals surface area contributed by atoms with E-state index >= 15 is 0 Å². The number of hydrogen-bond acceptors (Lipinski definition) is 7. The number of benzene rings is 2. The number of nitro groups is 1. The first-order valence-electron chi connectivity index (χ1n) is 11.5. The summed E-state index contributed by atoms with van der Waals surface area (Å²) in [6, 6.07) is 11.3. The Morgan fingerprint density at radius 3 is 2.50 bits per heavy atom. The zero-order valence-electron chi connectivity index (χ0n) is 19.6. The van der Waals surface area contributed by atoms with Gasteiger partial charge in [0.05, 0.1) is 16.0 Å². The molecule has 0 radical (unpaired) electrons. The molecular weight excluding hydrogens is 436 g/mol. The Bertz CT molecular complexity index is 1150. The summed E-state index contributed by atoms with van der Waals surface area (Å²) in [6.07, 6.45) is 0.877. The SMILES string of the molecule is CCN1CCN(CCc2nc3cc(NC(=O)COc4ccc([N+](=O)[O-])cc4)ccc3n2C)CC1. The lowest BCUT2D eigenvalue weighted by atomic mass is 10.2. The molecule has 0 saturated carbocycles. The van der Waals surface area contributed by atoms with Crippen LogP contribution in [-0.2, 0) is 18.3 Å². The van der Waals surface area contributed by atoms with Crippen LogP contribution in [0.25, 0.3) is 11.0 Å². The normalized spacial score (nSPS) is 14.9. The molecule has 34 heavy (non-hydrogen) atoms. The molecule has 1 amide bonds. The maximum atomic E-state index is 12.3. The zero-order chi connectivity index (χ0) is 24.1. The molecule has 1 saturated heterocycles. The van der Waals surface area contributed by atoms with Crippen LogP contribution in [0.2, 0.25) is 0 Å². The summed E-state index contributed by atoms with van der Waals surface area (Å²) in [5.41, 5.74) is 2.47. The van der Waals surface area contributed by atoms with Crippen LogP contribution < -0.4 is 10.1 Å². The minimum atomic E-state index is -0.483. The van der Waals surface area contributed by atoms with Crippen molar-refractivity contribution >= 4 is 28.3 Å². The number of nitro benzene ring substituents is 1. The quantitative estimate of drug-likeness (QED) is 0.382. The van der Waals surface area contributed by atoms with E-state index in [0.717, 1.165) is 62.5 Å². The van der Waals surface area contributed by atoms with Crippen LogP contribution in [0.5, 0.6) is 5.75 Å². The average Bonchev–Trinajstić information content (AvgIpc) is 3.16. The third kappa shape index (κ3) is 5.70. The predicted molar refractivity (Wildman–Crippen MR) is 130 cm³/mol. The number of piperazine rings is 1. The highest BCUT2D eigenvalue weighted by molar-refractivity contribution is 5.94. The Hall–Kier alpha value is -3.50. The molecule has 180 valence electrons. The molecule has 1 fully saturated rings. The maximum Gasteiger partial charge on any atom is 0.269 e. The number of aromatic nitrogens is 2. The van der Waals surface area contributed by atoms with Crippen LogP contribution in [0.1, 0.15) is 12.7 Å². The number of likely N-dealkylation sites (N-methyl/N-ethyl adjacent to an activating group) is 1. The maximum absolute atomic E-state index is 12.3. The number of carbonyl (C=O) groups is 1. The van der Waals surface area contributed by atoms with Crippen molar-refractivity contribution in [2.24, 2.45) is 7.05 Å². The number of aryl methyl sites for hydroxylation is 1. The number of hydrogen-bond donors (Lipinski definition) is 1. The number of non-ortho nitro benzene ring substituents is 1. The van der Waals surface area contributed by atoms with Gasteiger partial charge in [0.2, 0.25) is 0 Å². The number of rotatable bonds is 9. The van der Waals surface area contributed by atoms with E-state index in [4.69, 9.17) is 9.72 Å². The molecule has 0 aliphatic carbocycles. The van der Waals surface area contributed by atoms with E-state index in [-0.39, 0.29) is 18.2 Å². The number of carbonyl (C=O) groups excluding carboxylic acids is 1. The van der Waals surface area contributed by atoms with Gasteiger partial charge in [-0.05, 0) is 36.9 Å². The summed E-state index contributed by atoms with van der Waals surface area (Å²) >= 11 is 0. The Kier molecular flexibility index (Phi) is 7.39. The number of nitrogens with one attached hydrogen (secondary N) is 1. The topological polar surface area (TPSA) is 106 Å². The fraction of sp³-hybridized carbons (Fsp3) is 0.417. The van der Waals surface area contributed by atoms with Crippen LogP contribution in [0.15, 0.2) is 42.5 Å². The third-order valence-electron chi connectivity index (χ3n) is 6.24. The van der Waals surface area contributed by atoms with E-state index in [1.165, 1.54) is 24.3 Å². The minimum absolute atomic E-state index is 0.0288. The lowest BCUT2D eigenvalue weighted by Crippen LogP contribution is -2.46. The van der Waals surface area contributed by atoms with Crippen molar-refractivity contribution in [3.8, 4) is 5.75 Å². The molecule has 0 unspecified atom stereocenters. The highest BCUT2D eigenvalue weighted by Crippen LogP contribution is 2.21. The highest BCUT2D eigenvalue weighted by atomic mass is 16.6. The fourth-order valence-electron chi connectivity index (χ4n) is 4.15. The van der Waals surface area contributed by atoms with Gasteiger partial charge in [0.1, 0.15) is 11.6 Å². The number of amides is 1. The zero-order valence-corrected chi connectivity index (χ0v) is 19.6. The molecular formula is C24H30N6O4. The van der Waals surface area contributed by atoms with Crippen LogP contribution in [-0.4, -0.2) is 76.1 Å². The summed E-state index contributed by atoms with van der Waals surface area (Å²) in [4.78, 5) is 32.3. The molecule has 1 N–H and O–H groups in total. The number of ether oxygens (including phenoxy) is 1. The molecule has 0 bridgehead atoms. The van der Waals surface area contributed by atoms with Gasteiger partial charge in [-0.15, -0.1) is 0 Å². The summed E-state index contributed by atoms with van der Waals surface area (Å²) in [5, 5.41) is 13.5. The lowest BCUT2D eigenvalue weighted by Gasteiger charge is -2.33. The summed E-state index contributed by atoms with van der Waals surface area (Å²) < 4.78 is 7.54. The Balaban J connectivity index is 1.32. The van der Waals surface area contributed by atoms with Crippen molar-refractivity contribution < 1.29 is 14.5 Å². The van der Waals surface area contributed by atoms with Gasteiger partial charge in [-0.25, -0.2) is 4.98 Å². The van der Waals surface area contributed by atoms with Gasteiger partial charge in [0.25, 0.3) is 11.6 Å². The standard InChI is InChI=1S/C24H30N6O4/c1-3-28-12-14-29(15-13-28)11-10-23-26-21-16-18(4-9-22(21)27(23)2)25-24(31)17-34-20-7-5-19(6-8-20)30(32)33/h4-9,16H,3,10-15,17H2,1-2H3,(H,25,31). The average molecular weight is 467 g/mol. The van der Waals surface area contributed by atoms with E-state index < -0.39 is 4.92 Å². The van der Waals surface area contributed by atoms with Crippen molar-refractivity contribution in [1.29, 1.82) is 0 Å². The lowest BCUT2D eigenvalue weighted by molar-refractivity contribution is -0.384. The van der Waals surface area contributed by atoms with E-state index in [1.54, 1.807) is 0 Å². The molecule has 1 aliphatic rings. The van der Waals surface area contributed by atoms with Crippen LogP contribution in [0.3, 0.4) is 0 Å². The van der Waals surface area contributed by atoms with Crippen LogP contribution >= 0.6 is 0 Å². The van der Waals surface area contributed by atoms with Gasteiger partial charge in [0.15, 0.2) is 6.61 Å². The Morgan fingerprint density at radius 2 is 1.82 bits per heavy atom. The number of imidazole rings is 1. The molecule has 1 aromatic heterocycles. The first kappa shape index (κ1) is 23.7. The molecule has 3 aromatic rings. The summed E-state index contributed by atoms with van der Waals surface area (Å²) in [7, 11) is 2.02. The molecule has 10 heteroatoms. The second kappa shape index (κ2) is 10.6. The molecule has 4 rings (SSSR count). The number of fused-ring (bicyclic) bond motifs is 1. The van der Waals surface area contributed by atoms with Gasteiger partial charge in [0, 0.05) is 64.0 Å². The largest absolute Gasteiger partial charge is 0.484 e. The van der Waals surface area contributed by atoms with Gasteiger partial charge in [-0.1, -0.05) is 6.92 Å². The molecule has 0 spiro atoms. The fourth-order valence-corrected chi connectivity index (χ4v) is 4.15. The van der Waals surface area contributed by atoms with E-state index in [2.05, 4.69) is 26.6 Å². The van der Waals surface area contributed by atoms with E-state index in [1.807, 2.05) is 25.2 Å². The van der Waals surface area contributed by atoms with E-state index in [9.17, 15) is 14.9 Å². The molecule has 2 heterocycles. The van der Waals surface area contributed by atoms with Crippen molar-refractivity contribution in [2.45, 2.75) is 13.3 Å². The van der Waals surface area contributed by atoms with Crippen molar-refractivity contribution in [1.82, 2.24) is 19.4 Å². The molecule has 0 atom stereocenters. The third-order valence-corrected chi connectivity index (χ3v) is 6.24. The number of nitrogens with zero attached hydrogens (tertiary/aromatic N) is 5. The minimum Gasteiger partial charge on any atom is -0.484 e. The first-order chi connectivity index (χ1) is 16.4. The van der Waals surface area contributed by atoms with Crippen molar-refractivity contribution in [3.05, 3.63) is 58.4 Å². The second-order valence-corrected chi connectivity index (χ2v) is 8.40.